The van der Waals surface area contributed by atoms with E-state index in [-0.39, 0.29) is 30.6 Å². The Labute approximate surface area is 170 Å². The monoisotopic (exact) mass is 399 g/mol. The molecular formula is C21H29N5O3. The molecule has 0 aliphatic heterocycles. The van der Waals surface area contributed by atoms with Crippen LogP contribution in [0.15, 0.2) is 12.3 Å². The second-order valence-corrected chi connectivity index (χ2v) is 8.79. The number of pyridine rings is 1. The molecule has 8 nitrogen and oxygen atoms in total. The zero-order chi connectivity index (χ0) is 20.7. The molecule has 2 aromatic rings. The molecule has 1 amide bonds. The van der Waals surface area contributed by atoms with Crippen LogP contribution >= 0.6 is 0 Å². The van der Waals surface area contributed by atoms with Crippen molar-refractivity contribution in [2.24, 2.45) is 5.92 Å². The Kier molecular flexibility index (Phi) is 5.29. The quantitative estimate of drug-likeness (QED) is 0.707. The summed E-state index contributed by atoms with van der Waals surface area (Å²) >= 11 is 0. The van der Waals surface area contributed by atoms with E-state index in [1.807, 2.05) is 31.5 Å². The number of hydrogen-bond donors (Lipinski definition) is 2. The van der Waals surface area contributed by atoms with E-state index in [9.17, 15) is 14.7 Å². The Morgan fingerprint density at radius 2 is 2.07 bits per heavy atom. The zero-order valence-electron chi connectivity index (χ0n) is 17.3. The molecule has 2 saturated carbocycles. The topological polar surface area (TPSA) is 100 Å². The second kappa shape index (κ2) is 7.74. The van der Waals surface area contributed by atoms with Gasteiger partial charge in [0, 0.05) is 30.4 Å². The average molecular weight is 399 g/mol. The molecule has 0 aromatic carbocycles. The molecule has 0 atom stereocenters. The van der Waals surface area contributed by atoms with Crippen LogP contribution < -0.4 is 5.32 Å². The van der Waals surface area contributed by atoms with Crippen molar-refractivity contribution in [3.8, 4) is 0 Å². The summed E-state index contributed by atoms with van der Waals surface area (Å²) in [5.41, 5.74) is 2.12. The van der Waals surface area contributed by atoms with Crippen molar-refractivity contribution in [3.63, 3.8) is 0 Å². The van der Waals surface area contributed by atoms with Crippen LogP contribution in [0.3, 0.4) is 0 Å². The highest BCUT2D eigenvalue weighted by molar-refractivity contribution is 6.05. The summed E-state index contributed by atoms with van der Waals surface area (Å²) in [6.45, 7) is 6.90. The third kappa shape index (κ3) is 4.27. The molecule has 2 aromatic heterocycles. The van der Waals surface area contributed by atoms with Crippen LogP contribution in [0.25, 0.3) is 11.0 Å². The largest absolute Gasteiger partial charge is 0.480 e. The number of rotatable bonds is 8. The lowest BCUT2D eigenvalue weighted by Gasteiger charge is -2.42. The maximum absolute atomic E-state index is 13.0. The van der Waals surface area contributed by atoms with Gasteiger partial charge in [0.25, 0.3) is 5.91 Å². The number of nitrogens with zero attached hydrogens (tertiary/aromatic N) is 4. The number of nitrogens with one attached hydrogen (secondary N) is 1. The summed E-state index contributed by atoms with van der Waals surface area (Å²) in [5.74, 6) is -0.247. The fourth-order valence-electron chi connectivity index (χ4n) is 4.12. The summed E-state index contributed by atoms with van der Waals surface area (Å²) < 4.78 is 1.83. The third-order valence-corrected chi connectivity index (χ3v) is 5.92. The van der Waals surface area contributed by atoms with E-state index in [0.29, 0.717) is 11.5 Å². The standard InChI is InChI=1S/C21H29N5O3/c1-12(2)26-20-18(9-22-26)17(6-13(3)23-20)21(29)24-15-7-16(8-15)25(11-19(27)28)10-14-4-5-14/h6,9,12,14-16H,4-5,7-8,10-11H2,1-3H3,(H,24,29)(H,27,28). The molecule has 0 radical (unpaired) electrons. The molecule has 156 valence electrons. The van der Waals surface area contributed by atoms with Gasteiger partial charge in [-0.25, -0.2) is 9.67 Å². The molecular weight excluding hydrogens is 370 g/mol. The average Bonchev–Trinajstić information content (AvgIpc) is 3.31. The van der Waals surface area contributed by atoms with Gasteiger partial charge in [-0.05, 0) is 58.4 Å². The lowest BCUT2D eigenvalue weighted by Crippen LogP contribution is -2.55. The molecule has 0 saturated heterocycles. The van der Waals surface area contributed by atoms with Crippen LogP contribution in [0.2, 0.25) is 0 Å². The zero-order valence-corrected chi connectivity index (χ0v) is 17.3. The van der Waals surface area contributed by atoms with E-state index in [2.05, 4.69) is 20.3 Å². The van der Waals surface area contributed by atoms with Crippen LogP contribution in [0.5, 0.6) is 0 Å². The third-order valence-electron chi connectivity index (χ3n) is 5.92. The number of hydrogen-bond acceptors (Lipinski definition) is 5. The van der Waals surface area contributed by atoms with Crippen molar-refractivity contribution in [3.05, 3.63) is 23.5 Å². The number of carboxylic acid groups (broad SMARTS) is 1. The number of carbonyl (C=O) groups is 2. The highest BCUT2D eigenvalue weighted by atomic mass is 16.4. The summed E-state index contributed by atoms with van der Waals surface area (Å²) in [5, 5.41) is 17.5. The van der Waals surface area contributed by atoms with Gasteiger partial charge in [-0.15, -0.1) is 0 Å². The van der Waals surface area contributed by atoms with Crippen LogP contribution in [0.4, 0.5) is 0 Å². The van der Waals surface area contributed by atoms with Crippen LogP contribution in [-0.2, 0) is 4.79 Å². The van der Waals surface area contributed by atoms with Crippen molar-refractivity contribution in [1.82, 2.24) is 25.0 Å². The molecule has 29 heavy (non-hydrogen) atoms. The fraction of sp³-hybridized carbons (Fsp3) is 0.619. The van der Waals surface area contributed by atoms with Crippen LogP contribution in [0.1, 0.15) is 61.6 Å². The maximum atomic E-state index is 13.0. The van der Waals surface area contributed by atoms with Gasteiger partial charge in [0.05, 0.1) is 23.7 Å². The number of aliphatic carboxylic acids is 1. The first-order chi connectivity index (χ1) is 13.8. The van der Waals surface area contributed by atoms with Gasteiger partial charge in [-0.1, -0.05) is 0 Å². The highest BCUT2D eigenvalue weighted by Crippen LogP contribution is 2.34. The van der Waals surface area contributed by atoms with Gasteiger partial charge < -0.3 is 10.4 Å². The number of aromatic nitrogens is 3. The lowest BCUT2D eigenvalue weighted by atomic mass is 9.85. The number of aryl methyl sites for hydroxylation is 1. The summed E-state index contributed by atoms with van der Waals surface area (Å²) in [4.78, 5) is 30.8. The van der Waals surface area contributed by atoms with Crippen molar-refractivity contribution >= 4 is 22.9 Å². The van der Waals surface area contributed by atoms with E-state index < -0.39 is 5.97 Å². The molecule has 4 rings (SSSR count). The van der Waals surface area contributed by atoms with Gasteiger partial charge in [0.1, 0.15) is 0 Å². The predicted octanol–water partition coefficient (Wildman–Crippen LogP) is 2.38. The van der Waals surface area contributed by atoms with Gasteiger partial charge in [-0.2, -0.15) is 5.10 Å². The molecule has 0 unspecified atom stereocenters. The molecule has 2 aliphatic carbocycles. The minimum absolute atomic E-state index is 0.0756. The highest BCUT2D eigenvalue weighted by Gasteiger charge is 2.38. The number of carbonyl (C=O) groups excluding carboxylic acids is 1. The Balaban J connectivity index is 1.42. The van der Waals surface area contributed by atoms with Gasteiger partial charge in [0.15, 0.2) is 5.65 Å². The number of carboxylic acids is 1. The van der Waals surface area contributed by atoms with Gasteiger partial charge >= 0.3 is 5.97 Å². The summed E-state index contributed by atoms with van der Waals surface area (Å²) in [6, 6.07) is 2.28. The van der Waals surface area contributed by atoms with Crippen molar-refractivity contribution in [2.45, 2.75) is 64.6 Å². The van der Waals surface area contributed by atoms with E-state index in [0.717, 1.165) is 36.1 Å². The molecule has 2 fully saturated rings. The molecule has 0 bridgehead atoms. The fourth-order valence-corrected chi connectivity index (χ4v) is 4.12. The van der Waals surface area contributed by atoms with Crippen molar-refractivity contribution < 1.29 is 14.7 Å². The molecule has 2 N–H and O–H groups in total. The summed E-state index contributed by atoms with van der Waals surface area (Å²) in [6.07, 6.45) is 5.70. The van der Waals surface area contributed by atoms with E-state index in [4.69, 9.17) is 0 Å². The SMILES string of the molecule is Cc1cc(C(=O)NC2CC(N(CC(=O)O)CC3CC3)C2)c2cnn(C(C)C)c2n1. The Morgan fingerprint density at radius 1 is 1.34 bits per heavy atom. The van der Waals surface area contributed by atoms with Gasteiger partial charge in [-0.3, -0.25) is 14.5 Å². The molecule has 2 heterocycles. The first kappa shape index (κ1) is 19.8. The molecule has 2 aliphatic rings. The summed E-state index contributed by atoms with van der Waals surface area (Å²) in [7, 11) is 0. The minimum atomic E-state index is -0.782. The van der Waals surface area contributed by atoms with E-state index in [1.54, 1.807) is 6.20 Å². The van der Waals surface area contributed by atoms with Crippen LogP contribution in [-0.4, -0.2) is 61.8 Å². The van der Waals surface area contributed by atoms with E-state index in [1.165, 1.54) is 12.8 Å². The van der Waals surface area contributed by atoms with Crippen molar-refractivity contribution in [1.29, 1.82) is 0 Å². The van der Waals surface area contributed by atoms with Gasteiger partial charge in [0.2, 0.25) is 0 Å². The lowest BCUT2D eigenvalue weighted by molar-refractivity contribution is -0.139. The normalized spacial score (nSPS) is 21.6. The second-order valence-electron chi connectivity index (χ2n) is 8.79. The first-order valence-corrected chi connectivity index (χ1v) is 10.4. The number of amides is 1. The van der Waals surface area contributed by atoms with E-state index >= 15 is 0 Å². The number of fused-ring (bicyclic) bond motifs is 1. The Hall–Kier alpha value is -2.48. The molecule has 0 spiro atoms. The van der Waals surface area contributed by atoms with Crippen LogP contribution in [0, 0.1) is 12.8 Å². The minimum Gasteiger partial charge on any atom is -0.480 e. The van der Waals surface area contributed by atoms with Crippen molar-refractivity contribution in [2.75, 3.05) is 13.1 Å². The Morgan fingerprint density at radius 3 is 2.69 bits per heavy atom. The maximum Gasteiger partial charge on any atom is 0.317 e. The Bertz CT molecular complexity index is 928. The smallest absolute Gasteiger partial charge is 0.317 e. The first-order valence-electron chi connectivity index (χ1n) is 10.4. The predicted molar refractivity (Wildman–Crippen MR) is 109 cm³/mol. The molecule has 8 heteroatoms.